The first-order chi connectivity index (χ1) is 14.3. The maximum Gasteiger partial charge on any atom is 0.106 e. The summed E-state index contributed by atoms with van der Waals surface area (Å²) in [6, 6.07) is 9.29. The average Bonchev–Trinajstić information content (AvgIpc) is 2.78. The van der Waals surface area contributed by atoms with Crippen molar-refractivity contribution in [1.82, 2.24) is 0 Å². The third-order valence-corrected chi connectivity index (χ3v) is 7.19. The molecule has 0 N–H and O–H groups in total. The highest BCUT2D eigenvalue weighted by molar-refractivity contribution is 5.27. The lowest BCUT2D eigenvalue weighted by atomic mass is 9.77. The number of benzene rings is 1. The van der Waals surface area contributed by atoms with E-state index in [-0.39, 0.29) is 6.10 Å². The fraction of sp³-hybridized carbons (Fsp3) is 0.778. The quantitative estimate of drug-likeness (QED) is 0.351. The zero-order chi connectivity index (χ0) is 20.3. The molecule has 164 valence electrons. The Hall–Kier alpha value is -0.860. The molecule has 0 spiro atoms. The molecule has 1 heterocycles. The summed E-state index contributed by atoms with van der Waals surface area (Å²) >= 11 is 0. The molecule has 2 fully saturated rings. The van der Waals surface area contributed by atoms with Crippen LogP contribution in [0.3, 0.4) is 0 Å². The van der Waals surface area contributed by atoms with Gasteiger partial charge in [-0.05, 0) is 55.1 Å². The minimum atomic E-state index is 0.116. The number of unbranched alkanes of at least 4 members (excludes halogenated alkanes) is 5. The number of hydrogen-bond acceptors (Lipinski definition) is 2. The molecule has 29 heavy (non-hydrogen) atoms. The normalized spacial score (nSPS) is 27.8. The maximum atomic E-state index is 6.17. The predicted octanol–water partition coefficient (Wildman–Crippen LogP) is 7.97. The van der Waals surface area contributed by atoms with Crippen LogP contribution in [0, 0.1) is 5.92 Å². The fourth-order valence-corrected chi connectivity index (χ4v) is 5.14. The van der Waals surface area contributed by atoms with E-state index >= 15 is 0 Å². The lowest BCUT2D eigenvalue weighted by Gasteiger charge is -2.31. The Morgan fingerprint density at radius 2 is 1.38 bits per heavy atom. The fourth-order valence-electron chi connectivity index (χ4n) is 5.14. The van der Waals surface area contributed by atoms with E-state index < -0.39 is 0 Å². The summed E-state index contributed by atoms with van der Waals surface area (Å²) < 4.78 is 12.3. The van der Waals surface area contributed by atoms with Crippen molar-refractivity contribution in [2.45, 2.75) is 115 Å². The molecule has 2 heteroatoms. The Morgan fingerprint density at radius 1 is 0.690 bits per heavy atom. The third-order valence-electron chi connectivity index (χ3n) is 7.19. The second-order valence-electron chi connectivity index (χ2n) is 9.51. The first-order valence-electron chi connectivity index (χ1n) is 12.6. The second kappa shape index (κ2) is 12.7. The van der Waals surface area contributed by atoms with E-state index in [0.717, 1.165) is 24.9 Å². The SMILES string of the molecule is CCCCCCC[C@H]1CO[C@H](c2ccc(C3CCC(CCCC)CC3)cc2)CO1. The summed E-state index contributed by atoms with van der Waals surface area (Å²) in [7, 11) is 0. The van der Waals surface area contributed by atoms with Crippen LogP contribution >= 0.6 is 0 Å². The molecular formula is C27H44O2. The predicted molar refractivity (Wildman–Crippen MR) is 122 cm³/mol. The standard InChI is InChI=1S/C27H44O2/c1-3-5-7-8-9-11-26-20-29-27(21-28-26)25-18-16-24(17-19-25)23-14-12-22(13-15-23)10-6-4-2/h16-19,22-23,26-27H,3-15,20-21H2,1-2H3/t22?,23?,26-,27-/m0/s1. The van der Waals surface area contributed by atoms with Gasteiger partial charge < -0.3 is 9.47 Å². The molecule has 2 atom stereocenters. The summed E-state index contributed by atoms with van der Waals surface area (Å²) in [6.07, 6.45) is 18.0. The molecule has 0 radical (unpaired) electrons. The van der Waals surface area contributed by atoms with Crippen molar-refractivity contribution in [1.29, 1.82) is 0 Å². The van der Waals surface area contributed by atoms with Crippen LogP contribution in [0.1, 0.15) is 120 Å². The van der Waals surface area contributed by atoms with Crippen LogP contribution in [0.5, 0.6) is 0 Å². The summed E-state index contributed by atoms with van der Waals surface area (Å²) in [6.45, 7) is 6.04. The van der Waals surface area contributed by atoms with E-state index in [1.807, 2.05) is 0 Å². The van der Waals surface area contributed by atoms with Gasteiger partial charge in [0.05, 0.1) is 19.3 Å². The van der Waals surface area contributed by atoms with E-state index in [1.165, 1.54) is 88.2 Å². The van der Waals surface area contributed by atoms with Gasteiger partial charge in [-0.3, -0.25) is 0 Å². The van der Waals surface area contributed by atoms with Crippen LogP contribution in [0.2, 0.25) is 0 Å². The lowest BCUT2D eigenvalue weighted by molar-refractivity contribution is -0.137. The van der Waals surface area contributed by atoms with E-state index in [9.17, 15) is 0 Å². The van der Waals surface area contributed by atoms with Crippen molar-refractivity contribution in [3.05, 3.63) is 35.4 Å². The van der Waals surface area contributed by atoms with Gasteiger partial charge in [0, 0.05) is 0 Å². The van der Waals surface area contributed by atoms with Crippen molar-refractivity contribution >= 4 is 0 Å². The van der Waals surface area contributed by atoms with Gasteiger partial charge in [0.25, 0.3) is 0 Å². The Balaban J connectivity index is 1.38. The molecule has 0 bridgehead atoms. The smallest absolute Gasteiger partial charge is 0.106 e. The van der Waals surface area contributed by atoms with Crippen LogP contribution in [0.25, 0.3) is 0 Å². The molecule has 1 aromatic carbocycles. The van der Waals surface area contributed by atoms with Crippen LogP contribution in [0.15, 0.2) is 24.3 Å². The molecule has 2 aliphatic rings. The first kappa shape index (κ1) is 22.8. The van der Waals surface area contributed by atoms with Gasteiger partial charge in [0.1, 0.15) is 6.10 Å². The van der Waals surface area contributed by atoms with Crippen molar-refractivity contribution < 1.29 is 9.47 Å². The van der Waals surface area contributed by atoms with Crippen molar-refractivity contribution in [3.63, 3.8) is 0 Å². The Morgan fingerprint density at radius 3 is 2.03 bits per heavy atom. The van der Waals surface area contributed by atoms with Crippen LogP contribution in [-0.4, -0.2) is 19.3 Å². The molecule has 1 saturated heterocycles. The summed E-state index contributed by atoms with van der Waals surface area (Å²) in [5.41, 5.74) is 2.82. The van der Waals surface area contributed by atoms with Crippen molar-refractivity contribution in [2.75, 3.05) is 13.2 Å². The van der Waals surface area contributed by atoms with E-state index in [0.29, 0.717) is 12.7 Å². The van der Waals surface area contributed by atoms with E-state index in [1.54, 1.807) is 0 Å². The van der Waals surface area contributed by atoms with Gasteiger partial charge in [-0.15, -0.1) is 0 Å². The second-order valence-corrected chi connectivity index (χ2v) is 9.51. The number of hydrogen-bond donors (Lipinski definition) is 0. The minimum absolute atomic E-state index is 0.116. The van der Waals surface area contributed by atoms with Crippen molar-refractivity contribution in [2.24, 2.45) is 5.92 Å². The minimum Gasteiger partial charge on any atom is -0.373 e. The Bertz CT molecular complexity index is 536. The first-order valence-corrected chi connectivity index (χ1v) is 12.6. The van der Waals surface area contributed by atoms with E-state index in [2.05, 4.69) is 38.1 Å². The molecule has 0 unspecified atom stereocenters. The number of ether oxygens (including phenoxy) is 2. The largest absolute Gasteiger partial charge is 0.373 e. The van der Waals surface area contributed by atoms with Gasteiger partial charge >= 0.3 is 0 Å². The monoisotopic (exact) mass is 400 g/mol. The molecule has 2 nitrogen and oxygen atoms in total. The Labute approximate surface area is 179 Å². The van der Waals surface area contributed by atoms with Gasteiger partial charge in [0.2, 0.25) is 0 Å². The van der Waals surface area contributed by atoms with Gasteiger partial charge in [-0.1, -0.05) is 89.5 Å². The van der Waals surface area contributed by atoms with Gasteiger partial charge in [-0.2, -0.15) is 0 Å². The molecular weight excluding hydrogens is 356 g/mol. The zero-order valence-corrected chi connectivity index (χ0v) is 19.0. The average molecular weight is 401 g/mol. The summed E-state index contributed by atoms with van der Waals surface area (Å²) in [5.74, 6) is 1.75. The van der Waals surface area contributed by atoms with Crippen LogP contribution in [-0.2, 0) is 9.47 Å². The van der Waals surface area contributed by atoms with E-state index in [4.69, 9.17) is 9.47 Å². The van der Waals surface area contributed by atoms with Gasteiger partial charge in [-0.25, -0.2) is 0 Å². The molecule has 1 aromatic rings. The molecule has 3 rings (SSSR count). The zero-order valence-electron chi connectivity index (χ0n) is 19.0. The van der Waals surface area contributed by atoms with Crippen molar-refractivity contribution in [3.8, 4) is 0 Å². The van der Waals surface area contributed by atoms with Crippen LogP contribution in [0.4, 0.5) is 0 Å². The highest BCUT2D eigenvalue weighted by atomic mass is 16.6. The van der Waals surface area contributed by atoms with Crippen LogP contribution < -0.4 is 0 Å². The highest BCUT2D eigenvalue weighted by Crippen LogP contribution is 2.38. The molecule has 1 aliphatic heterocycles. The lowest BCUT2D eigenvalue weighted by Crippen LogP contribution is -2.31. The molecule has 0 aromatic heterocycles. The third kappa shape index (κ3) is 7.40. The van der Waals surface area contributed by atoms with Gasteiger partial charge in [0.15, 0.2) is 0 Å². The molecule has 1 saturated carbocycles. The molecule has 0 amide bonds. The summed E-state index contributed by atoms with van der Waals surface area (Å²) in [5, 5.41) is 0. The summed E-state index contributed by atoms with van der Waals surface area (Å²) in [4.78, 5) is 0. The molecule has 1 aliphatic carbocycles. The number of rotatable bonds is 11. The Kier molecular flexibility index (Phi) is 10.0. The maximum absolute atomic E-state index is 6.17. The topological polar surface area (TPSA) is 18.5 Å². The highest BCUT2D eigenvalue weighted by Gasteiger charge is 2.25.